The molecule has 1 aliphatic heterocycles. The zero-order valence-corrected chi connectivity index (χ0v) is 16.6. The first-order chi connectivity index (χ1) is 13.6. The number of piperidine rings is 1. The summed E-state index contributed by atoms with van der Waals surface area (Å²) in [6, 6.07) is 14.8. The molecule has 0 bridgehead atoms. The number of benzene rings is 2. The van der Waals surface area contributed by atoms with Gasteiger partial charge in [0.05, 0.1) is 11.3 Å². The van der Waals surface area contributed by atoms with Crippen molar-refractivity contribution in [2.24, 2.45) is 0 Å². The van der Waals surface area contributed by atoms with Gasteiger partial charge in [0.1, 0.15) is 5.75 Å². The highest BCUT2D eigenvalue weighted by molar-refractivity contribution is 6.04. The number of carbonyl (C=O) groups is 2. The third kappa shape index (κ3) is 4.91. The van der Waals surface area contributed by atoms with E-state index < -0.39 is 6.10 Å². The van der Waals surface area contributed by atoms with E-state index in [1.807, 2.05) is 55.1 Å². The van der Waals surface area contributed by atoms with Gasteiger partial charge < -0.3 is 15.0 Å². The molecule has 1 heterocycles. The lowest BCUT2D eigenvalue weighted by atomic mass is 10.1. The number of hydrogen-bond donors (Lipinski definition) is 1. The summed E-state index contributed by atoms with van der Waals surface area (Å²) in [6.07, 6.45) is 3.13. The van der Waals surface area contributed by atoms with Crippen molar-refractivity contribution in [2.75, 3.05) is 18.4 Å². The lowest BCUT2D eigenvalue weighted by Gasteiger charge is -2.27. The third-order valence-corrected chi connectivity index (χ3v) is 4.99. The number of amides is 2. The van der Waals surface area contributed by atoms with Gasteiger partial charge in [-0.25, -0.2) is 0 Å². The molecule has 1 atom stereocenters. The Bertz CT molecular complexity index is 828. The number of nitrogens with zero attached hydrogens (tertiary/aromatic N) is 1. The molecule has 5 nitrogen and oxygen atoms in total. The number of carbonyl (C=O) groups excluding carboxylic acids is 2. The first-order valence-corrected chi connectivity index (χ1v) is 10.0. The fourth-order valence-electron chi connectivity index (χ4n) is 3.43. The quantitative estimate of drug-likeness (QED) is 0.807. The van der Waals surface area contributed by atoms with E-state index in [1.165, 1.54) is 0 Å². The van der Waals surface area contributed by atoms with Crippen LogP contribution < -0.4 is 10.1 Å². The first kappa shape index (κ1) is 19.9. The molecular weight excluding hydrogens is 352 g/mol. The number of anilines is 1. The van der Waals surface area contributed by atoms with Gasteiger partial charge in [-0.1, -0.05) is 31.2 Å². The summed E-state index contributed by atoms with van der Waals surface area (Å²) < 4.78 is 5.89. The van der Waals surface area contributed by atoms with Crippen molar-refractivity contribution < 1.29 is 14.3 Å². The second kappa shape index (κ2) is 9.40. The zero-order chi connectivity index (χ0) is 19.9. The van der Waals surface area contributed by atoms with Crippen molar-refractivity contribution in [1.82, 2.24) is 4.90 Å². The molecule has 1 fully saturated rings. The summed E-state index contributed by atoms with van der Waals surface area (Å²) in [5.41, 5.74) is 2.14. The van der Waals surface area contributed by atoms with Crippen LogP contribution in [-0.2, 0) is 4.79 Å². The molecular formula is C23H28N2O3. The highest BCUT2D eigenvalue weighted by atomic mass is 16.5. The maximum absolute atomic E-state index is 12.9. The van der Waals surface area contributed by atoms with Crippen LogP contribution in [0.5, 0.6) is 5.75 Å². The van der Waals surface area contributed by atoms with Gasteiger partial charge in [-0.3, -0.25) is 9.59 Å². The minimum Gasteiger partial charge on any atom is -0.481 e. The summed E-state index contributed by atoms with van der Waals surface area (Å²) in [6.45, 7) is 5.44. The number of hydrogen-bond acceptors (Lipinski definition) is 3. The van der Waals surface area contributed by atoms with Gasteiger partial charge in [0, 0.05) is 13.1 Å². The van der Waals surface area contributed by atoms with Gasteiger partial charge in [-0.05, 0) is 62.4 Å². The number of ether oxygens (including phenoxy) is 1. The molecule has 5 heteroatoms. The third-order valence-electron chi connectivity index (χ3n) is 4.99. The van der Waals surface area contributed by atoms with E-state index in [0.29, 0.717) is 23.4 Å². The lowest BCUT2D eigenvalue weighted by molar-refractivity contribution is -0.122. The first-order valence-electron chi connectivity index (χ1n) is 10.0. The molecule has 0 spiro atoms. The van der Waals surface area contributed by atoms with E-state index in [1.54, 1.807) is 12.1 Å². The summed E-state index contributed by atoms with van der Waals surface area (Å²) in [4.78, 5) is 27.6. The summed E-state index contributed by atoms with van der Waals surface area (Å²) in [5, 5.41) is 2.90. The normalized spacial score (nSPS) is 15.0. The molecule has 3 rings (SSSR count). The molecule has 0 radical (unpaired) electrons. The van der Waals surface area contributed by atoms with Gasteiger partial charge in [-0.2, -0.15) is 0 Å². The standard InChI is InChI=1S/C23H28N2O3/c1-3-21(28-18-11-9-10-17(2)16-18)22(26)24-20-13-6-5-12-19(20)23(27)25-14-7-4-8-15-25/h5-6,9-13,16,21H,3-4,7-8,14-15H2,1-2H3,(H,24,26)/t21-/m0/s1. The highest BCUT2D eigenvalue weighted by Gasteiger charge is 2.24. The topological polar surface area (TPSA) is 58.6 Å². The van der Waals surface area contributed by atoms with Crippen molar-refractivity contribution in [1.29, 1.82) is 0 Å². The maximum atomic E-state index is 12.9. The van der Waals surface area contributed by atoms with E-state index in [0.717, 1.165) is 37.9 Å². The monoisotopic (exact) mass is 380 g/mol. The minimum absolute atomic E-state index is 0.0248. The Balaban J connectivity index is 1.73. The Labute approximate surface area is 166 Å². The number of rotatable bonds is 6. The molecule has 2 aromatic rings. The molecule has 2 amide bonds. The molecule has 0 aromatic heterocycles. The van der Waals surface area contributed by atoms with Crippen LogP contribution in [0.4, 0.5) is 5.69 Å². The van der Waals surface area contributed by atoms with Crippen LogP contribution in [0.3, 0.4) is 0 Å². The van der Waals surface area contributed by atoms with Crippen molar-refractivity contribution in [3.05, 3.63) is 59.7 Å². The molecule has 0 saturated carbocycles. The fourth-order valence-corrected chi connectivity index (χ4v) is 3.43. The average Bonchev–Trinajstić information content (AvgIpc) is 2.72. The Morgan fingerprint density at radius 3 is 2.54 bits per heavy atom. The van der Waals surface area contributed by atoms with E-state index in [2.05, 4.69) is 5.32 Å². The average molecular weight is 380 g/mol. The van der Waals surface area contributed by atoms with Crippen LogP contribution in [0.25, 0.3) is 0 Å². The zero-order valence-electron chi connectivity index (χ0n) is 16.6. The van der Waals surface area contributed by atoms with Gasteiger partial charge in [0.15, 0.2) is 6.10 Å². The number of nitrogens with one attached hydrogen (secondary N) is 1. The predicted molar refractivity (Wildman–Crippen MR) is 111 cm³/mol. The second-order valence-corrected chi connectivity index (χ2v) is 7.22. The minimum atomic E-state index is -0.625. The number of aryl methyl sites for hydroxylation is 1. The van der Waals surface area contributed by atoms with Crippen molar-refractivity contribution in [2.45, 2.75) is 45.6 Å². The lowest BCUT2D eigenvalue weighted by Crippen LogP contribution is -2.37. The van der Waals surface area contributed by atoms with Crippen LogP contribution in [0.1, 0.15) is 48.5 Å². The van der Waals surface area contributed by atoms with Crippen molar-refractivity contribution in [3.63, 3.8) is 0 Å². The van der Waals surface area contributed by atoms with Gasteiger partial charge in [-0.15, -0.1) is 0 Å². The summed E-state index contributed by atoms with van der Waals surface area (Å²) in [7, 11) is 0. The molecule has 1 saturated heterocycles. The SMILES string of the molecule is CC[C@H](Oc1cccc(C)c1)C(=O)Nc1ccccc1C(=O)N1CCCCC1. The molecule has 0 aliphatic carbocycles. The van der Waals surface area contributed by atoms with Crippen LogP contribution >= 0.6 is 0 Å². The van der Waals surface area contributed by atoms with Crippen molar-refractivity contribution >= 4 is 17.5 Å². The molecule has 2 aromatic carbocycles. The van der Waals surface area contributed by atoms with Gasteiger partial charge in [0.25, 0.3) is 11.8 Å². The van der Waals surface area contributed by atoms with E-state index in [-0.39, 0.29) is 11.8 Å². The van der Waals surface area contributed by atoms with Crippen LogP contribution in [-0.4, -0.2) is 35.9 Å². The summed E-state index contributed by atoms with van der Waals surface area (Å²) in [5.74, 6) is 0.394. The van der Waals surface area contributed by atoms with Crippen LogP contribution in [0.15, 0.2) is 48.5 Å². The molecule has 0 unspecified atom stereocenters. The Morgan fingerprint density at radius 2 is 1.82 bits per heavy atom. The van der Waals surface area contributed by atoms with Crippen molar-refractivity contribution in [3.8, 4) is 5.75 Å². The second-order valence-electron chi connectivity index (χ2n) is 7.22. The maximum Gasteiger partial charge on any atom is 0.265 e. The van der Waals surface area contributed by atoms with Gasteiger partial charge >= 0.3 is 0 Å². The van der Waals surface area contributed by atoms with Gasteiger partial charge in [0.2, 0.25) is 0 Å². The largest absolute Gasteiger partial charge is 0.481 e. The van der Waals surface area contributed by atoms with E-state index >= 15 is 0 Å². The Hall–Kier alpha value is -2.82. The molecule has 28 heavy (non-hydrogen) atoms. The van der Waals surface area contributed by atoms with Crippen LogP contribution in [0, 0.1) is 6.92 Å². The number of likely N-dealkylation sites (tertiary alicyclic amines) is 1. The van der Waals surface area contributed by atoms with E-state index in [4.69, 9.17) is 4.74 Å². The summed E-state index contributed by atoms with van der Waals surface area (Å²) >= 11 is 0. The number of para-hydroxylation sites is 1. The predicted octanol–water partition coefficient (Wildman–Crippen LogP) is 4.42. The molecule has 1 aliphatic rings. The Morgan fingerprint density at radius 1 is 1.07 bits per heavy atom. The highest BCUT2D eigenvalue weighted by Crippen LogP contribution is 2.21. The van der Waals surface area contributed by atoms with E-state index in [9.17, 15) is 9.59 Å². The fraction of sp³-hybridized carbons (Fsp3) is 0.391. The molecule has 1 N–H and O–H groups in total. The molecule has 148 valence electrons. The van der Waals surface area contributed by atoms with Crippen LogP contribution in [0.2, 0.25) is 0 Å². The smallest absolute Gasteiger partial charge is 0.265 e. The Kier molecular flexibility index (Phi) is 6.69.